The molecule has 2 saturated heterocycles. The van der Waals surface area contributed by atoms with Gasteiger partial charge >= 0.3 is 0 Å². The average Bonchev–Trinajstić information content (AvgIpc) is 3.10. The van der Waals surface area contributed by atoms with Crippen LogP contribution in [0.4, 0.5) is 0 Å². The molecule has 2 fully saturated rings. The predicted molar refractivity (Wildman–Crippen MR) is 122 cm³/mol. The van der Waals surface area contributed by atoms with E-state index in [4.69, 9.17) is 9.47 Å². The number of rotatable bonds is 7. The van der Waals surface area contributed by atoms with Crippen molar-refractivity contribution < 1.29 is 29.3 Å². The van der Waals surface area contributed by atoms with Crippen molar-refractivity contribution in [2.45, 2.75) is 12.5 Å². The number of carbonyl (C=O) groups is 2. The Bertz CT molecular complexity index is 1030. The summed E-state index contributed by atoms with van der Waals surface area (Å²) in [6.07, 6.45) is 0.685. The minimum absolute atomic E-state index is 0.0437. The highest BCUT2D eigenvalue weighted by molar-refractivity contribution is 6.46. The van der Waals surface area contributed by atoms with Gasteiger partial charge < -0.3 is 24.6 Å². The fourth-order valence-corrected chi connectivity index (χ4v) is 4.31. The molecule has 174 valence electrons. The monoisotopic (exact) mass is 452 g/mol. The lowest BCUT2D eigenvalue weighted by Crippen LogP contribution is -2.38. The summed E-state index contributed by atoms with van der Waals surface area (Å²) >= 11 is 0. The first kappa shape index (κ1) is 22.8. The van der Waals surface area contributed by atoms with Crippen molar-refractivity contribution in [3.8, 4) is 11.5 Å². The molecule has 2 N–H and O–H groups in total. The number of hydrogen-bond donors (Lipinski definition) is 2. The standard InChI is InChI=1S/C25H28N2O6/c1-32-20-9-5-18(6-10-20)23(29)21-22(17-3-7-19(28)8-4-17)27(25(31)24(21)30)12-2-11-26-13-15-33-16-14-26/h3-10,22,28-29H,2,11-16H2,1H3/t22-/m0/s1. The normalized spacial score (nSPS) is 20.9. The van der Waals surface area contributed by atoms with Crippen LogP contribution in [0.2, 0.25) is 0 Å². The zero-order valence-corrected chi connectivity index (χ0v) is 18.6. The number of Topliss-reactive ketones (excluding diaryl/α,β-unsaturated/α-hetero) is 1. The molecule has 2 aromatic carbocycles. The molecule has 33 heavy (non-hydrogen) atoms. The van der Waals surface area contributed by atoms with Crippen molar-refractivity contribution in [1.29, 1.82) is 0 Å². The molecule has 2 aliphatic heterocycles. The lowest BCUT2D eigenvalue weighted by molar-refractivity contribution is -0.140. The van der Waals surface area contributed by atoms with Crippen LogP contribution in [0, 0.1) is 0 Å². The molecule has 2 heterocycles. The summed E-state index contributed by atoms with van der Waals surface area (Å²) < 4.78 is 10.5. The van der Waals surface area contributed by atoms with Crippen LogP contribution in [0.25, 0.3) is 5.76 Å². The lowest BCUT2D eigenvalue weighted by atomic mass is 9.95. The van der Waals surface area contributed by atoms with Gasteiger partial charge in [0.15, 0.2) is 0 Å². The Balaban J connectivity index is 1.65. The molecule has 0 aliphatic carbocycles. The summed E-state index contributed by atoms with van der Waals surface area (Å²) in [5, 5.41) is 20.8. The summed E-state index contributed by atoms with van der Waals surface area (Å²) in [6, 6.07) is 12.3. The molecule has 1 atom stereocenters. The van der Waals surface area contributed by atoms with E-state index in [1.165, 1.54) is 17.0 Å². The predicted octanol–water partition coefficient (Wildman–Crippen LogP) is 2.54. The number of aromatic hydroxyl groups is 1. The van der Waals surface area contributed by atoms with Gasteiger partial charge in [0.25, 0.3) is 11.7 Å². The number of ether oxygens (including phenoxy) is 2. The summed E-state index contributed by atoms with van der Waals surface area (Å²) in [7, 11) is 1.54. The topological polar surface area (TPSA) is 99.5 Å². The van der Waals surface area contributed by atoms with Crippen molar-refractivity contribution in [1.82, 2.24) is 9.80 Å². The van der Waals surface area contributed by atoms with E-state index in [2.05, 4.69) is 4.90 Å². The van der Waals surface area contributed by atoms with E-state index in [1.807, 2.05) is 0 Å². The number of phenolic OH excluding ortho intramolecular Hbond substituents is 1. The summed E-state index contributed by atoms with van der Waals surface area (Å²) in [6.45, 7) is 4.23. The Morgan fingerprint density at radius 1 is 1.03 bits per heavy atom. The molecule has 0 unspecified atom stereocenters. The number of carbonyl (C=O) groups excluding carboxylic acids is 2. The number of amides is 1. The van der Waals surface area contributed by atoms with E-state index >= 15 is 0 Å². The van der Waals surface area contributed by atoms with E-state index in [1.54, 1.807) is 43.5 Å². The van der Waals surface area contributed by atoms with Crippen LogP contribution >= 0.6 is 0 Å². The van der Waals surface area contributed by atoms with E-state index in [0.717, 1.165) is 19.6 Å². The first-order chi connectivity index (χ1) is 16.0. The molecule has 0 aromatic heterocycles. The highest BCUT2D eigenvalue weighted by Gasteiger charge is 2.45. The van der Waals surface area contributed by atoms with Gasteiger partial charge in [-0.1, -0.05) is 12.1 Å². The summed E-state index contributed by atoms with van der Waals surface area (Å²) in [5.74, 6) is -0.883. The van der Waals surface area contributed by atoms with Gasteiger partial charge in [0, 0.05) is 31.7 Å². The van der Waals surface area contributed by atoms with Crippen LogP contribution < -0.4 is 4.74 Å². The molecule has 8 heteroatoms. The quantitative estimate of drug-likeness (QED) is 0.378. The minimum atomic E-state index is -0.739. The van der Waals surface area contributed by atoms with Gasteiger partial charge in [0.1, 0.15) is 17.3 Å². The number of likely N-dealkylation sites (tertiary alicyclic amines) is 1. The van der Waals surface area contributed by atoms with Gasteiger partial charge in [-0.05, 0) is 48.4 Å². The van der Waals surface area contributed by atoms with Gasteiger partial charge in [-0.2, -0.15) is 0 Å². The number of aliphatic hydroxyl groups is 1. The SMILES string of the molecule is COc1ccc(C(O)=C2C(=O)C(=O)N(CCCN3CCOCC3)[C@H]2c2ccc(O)cc2)cc1. The zero-order valence-electron chi connectivity index (χ0n) is 18.6. The third-order valence-corrected chi connectivity index (χ3v) is 6.09. The number of hydrogen-bond acceptors (Lipinski definition) is 7. The van der Waals surface area contributed by atoms with Crippen LogP contribution in [0.15, 0.2) is 54.1 Å². The summed E-state index contributed by atoms with van der Waals surface area (Å²) in [5.41, 5.74) is 1.11. The number of phenols is 1. The van der Waals surface area contributed by atoms with Crippen molar-refractivity contribution in [2.75, 3.05) is 46.5 Å². The van der Waals surface area contributed by atoms with Gasteiger partial charge in [0.05, 0.1) is 31.9 Å². The number of ketones is 1. The molecule has 2 aromatic rings. The Hall–Kier alpha value is -3.36. The third-order valence-electron chi connectivity index (χ3n) is 6.09. The molecular weight excluding hydrogens is 424 g/mol. The maximum atomic E-state index is 13.1. The Labute approximate surface area is 192 Å². The van der Waals surface area contributed by atoms with Gasteiger partial charge in [-0.15, -0.1) is 0 Å². The van der Waals surface area contributed by atoms with Crippen LogP contribution in [0.5, 0.6) is 11.5 Å². The van der Waals surface area contributed by atoms with Crippen LogP contribution in [-0.2, 0) is 14.3 Å². The molecule has 0 bridgehead atoms. The van der Waals surface area contributed by atoms with Crippen molar-refractivity contribution in [2.24, 2.45) is 0 Å². The van der Waals surface area contributed by atoms with Crippen molar-refractivity contribution in [3.63, 3.8) is 0 Å². The van der Waals surface area contributed by atoms with E-state index in [9.17, 15) is 19.8 Å². The second-order valence-electron chi connectivity index (χ2n) is 8.12. The smallest absolute Gasteiger partial charge is 0.295 e. The van der Waals surface area contributed by atoms with Crippen molar-refractivity contribution in [3.05, 3.63) is 65.2 Å². The Kier molecular flexibility index (Phi) is 6.96. The maximum Gasteiger partial charge on any atom is 0.295 e. The molecule has 0 saturated carbocycles. The van der Waals surface area contributed by atoms with Gasteiger partial charge in [0.2, 0.25) is 0 Å². The van der Waals surface area contributed by atoms with Crippen LogP contribution in [0.1, 0.15) is 23.6 Å². The van der Waals surface area contributed by atoms with Gasteiger partial charge in [-0.25, -0.2) is 0 Å². The lowest BCUT2D eigenvalue weighted by Gasteiger charge is -2.29. The number of morpholine rings is 1. The number of aliphatic hydroxyl groups excluding tert-OH is 1. The van der Waals surface area contributed by atoms with E-state index < -0.39 is 17.7 Å². The highest BCUT2D eigenvalue weighted by atomic mass is 16.5. The Morgan fingerprint density at radius 2 is 1.70 bits per heavy atom. The largest absolute Gasteiger partial charge is 0.508 e. The molecule has 1 amide bonds. The number of nitrogens with zero attached hydrogens (tertiary/aromatic N) is 2. The maximum absolute atomic E-state index is 13.1. The van der Waals surface area contributed by atoms with E-state index in [-0.39, 0.29) is 17.1 Å². The van der Waals surface area contributed by atoms with Gasteiger partial charge in [-0.3, -0.25) is 14.5 Å². The minimum Gasteiger partial charge on any atom is -0.508 e. The zero-order chi connectivity index (χ0) is 23.4. The summed E-state index contributed by atoms with van der Waals surface area (Å²) in [4.78, 5) is 29.9. The van der Waals surface area contributed by atoms with Crippen molar-refractivity contribution >= 4 is 17.4 Å². The first-order valence-corrected chi connectivity index (χ1v) is 11.0. The van der Waals surface area contributed by atoms with E-state index in [0.29, 0.717) is 43.1 Å². The molecule has 0 spiro atoms. The molecule has 4 rings (SSSR count). The molecule has 0 radical (unpaired) electrons. The highest BCUT2D eigenvalue weighted by Crippen LogP contribution is 2.40. The second kappa shape index (κ2) is 10.1. The molecule has 2 aliphatic rings. The fraction of sp³-hybridized carbons (Fsp3) is 0.360. The molecule has 8 nitrogen and oxygen atoms in total. The first-order valence-electron chi connectivity index (χ1n) is 11.0. The molecular formula is C25H28N2O6. The van der Waals surface area contributed by atoms with Crippen LogP contribution in [0.3, 0.4) is 0 Å². The fourth-order valence-electron chi connectivity index (χ4n) is 4.31. The third kappa shape index (κ3) is 4.86. The van der Waals surface area contributed by atoms with Crippen LogP contribution in [-0.4, -0.2) is 78.2 Å². The average molecular weight is 453 g/mol. The Morgan fingerprint density at radius 3 is 2.33 bits per heavy atom. The number of methoxy groups -OCH3 is 1. The number of benzene rings is 2. The second-order valence-corrected chi connectivity index (χ2v) is 8.12.